The van der Waals surface area contributed by atoms with Gasteiger partial charge in [0.15, 0.2) is 0 Å². The average Bonchev–Trinajstić information content (AvgIpc) is 2.54. The van der Waals surface area contributed by atoms with E-state index in [0.29, 0.717) is 0 Å². The molecular weight excluding hydrogens is 268 g/mol. The fourth-order valence-electron chi connectivity index (χ4n) is 3.12. The van der Waals surface area contributed by atoms with Crippen molar-refractivity contribution < 1.29 is 0 Å². The minimum absolute atomic E-state index is 1.06. The molecule has 0 saturated carbocycles. The van der Waals surface area contributed by atoms with Gasteiger partial charge in [-0.2, -0.15) is 0 Å². The third-order valence-corrected chi connectivity index (χ3v) is 10.8. The molecule has 0 nitrogen and oxygen atoms in total. The Hall–Kier alpha value is -1.34. The Kier molecular flexibility index (Phi) is 5.41. The smallest absolute Gasteiger partial charge is 0.0571 e. The molecule has 0 spiro atoms. The molecule has 0 amide bonds. The lowest BCUT2D eigenvalue weighted by atomic mass is 10.0. The summed E-state index contributed by atoms with van der Waals surface area (Å²) in [5.74, 6) is 0. The summed E-state index contributed by atoms with van der Waals surface area (Å²) in [4.78, 5) is 0. The summed E-state index contributed by atoms with van der Waals surface area (Å²) >= 11 is 0. The standard InChI is InChI=1S/C20H28Si/c1-5-21(6-2,7-3)16-18-10-14-20(15-11-18)19-12-8-17(4)9-13-19/h8-15H,5-7,16H2,1-4H3. The average molecular weight is 297 g/mol. The molecule has 0 atom stereocenters. The highest BCUT2D eigenvalue weighted by molar-refractivity contribution is 6.79. The van der Waals surface area contributed by atoms with Crippen LogP contribution in [0.25, 0.3) is 11.1 Å². The highest BCUT2D eigenvalue weighted by Crippen LogP contribution is 2.26. The Morgan fingerprint density at radius 2 is 1.10 bits per heavy atom. The maximum absolute atomic E-state index is 2.39. The predicted molar refractivity (Wildman–Crippen MR) is 97.5 cm³/mol. The topological polar surface area (TPSA) is 0 Å². The molecule has 2 aromatic rings. The Morgan fingerprint density at radius 1 is 0.667 bits per heavy atom. The Morgan fingerprint density at radius 3 is 1.52 bits per heavy atom. The monoisotopic (exact) mass is 296 g/mol. The lowest BCUT2D eigenvalue weighted by molar-refractivity contribution is 1.10. The van der Waals surface area contributed by atoms with Gasteiger partial charge in [0.1, 0.15) is 0 Å². The molecule has 0 N–H and O–H groups in total. The highest BCUT2D eigenvalue weighted by atomic mass is 28.3. The molecule has 0 unspecified atom stereocenters. The molecule has 0 aliphatic rings. The van der Waals surface area contributed by atoms with Crippen molar-refractivity contribution in [3.63, 3.8) is 0 Å². The fourth-order valence-corrected chi connectivity index (χ4v) is 6.47. The summed E-state index contributed by atoms with van der Waals surface area (Å²) < 4.78 is 0. The maximum Gasteiger partial charge on any atom is 0.0571 e. The van der Waals surface area contributed by atoms with Crippen LogP contribution in [-0.4, -0.2) is 8.07 Å². The Bertz CT molecular complexity index is 539. The first kappa shape index (κ1) is 16.0. The number of hydrogen-bond donors (Lipinski definition) is 0. The van der Waals surface area contributed by atoms with Gasteiger partial charge < -0.3 is 0 Å². The van der Waals surface area contributed by atoms with Crippen LogP contribution in [0.3, 0.4) is 0 Å². The molecule has 0 aliphatic carbocycles. The fraction of sp³-hybridized carbons (Fsp3) is 0.400. The van der Waals surface area contributed by atoms with Crippen LogP contribution in [0.2, 0.25) is 18.1 Å². The molecule has 0 radical (unpaired) electrons. The molecule has 0 aliphatic heterocycles. The SMILES string of the molecule is CC[Si](CC)(CC)Cc1ccc(-c2ccc(C)cc2)cc1. The lowest BCUT2D eigenvalue weighted by Crippen LogP contribution is -2.34. The zero-order chi connectivity index (χ0) is 15.3. The van der Waals surface area contributed by atoms with E-state index in [-0.39, 0.29) is 0 Å². The van der Waals surface area contributed by atoms with E-state index in [2.05, 4.69) is 76.2 Å². The quantitative estimate of drug-likeness (QED) is 0.552. The Labute approximate surface area is 131 Å². The van der Waals surface area contributed by atoms with Crippen molar-refractivity contribution in [2.75, 3.05) is 0 Å². The van der Waals surface area contributed by atoms with Crippen molar-refractivity contribution in [1.82, 2.24) is 0 Å². The Balaban J connectivity index is 2.17. The number of aryl methyl sites for hydroxylation is 1. The predicted octanol–water partition coefficient (Wildman–Crippen LogP) is 6.25. The maximum atomic E-state index is 2.39. The van der Waals surface area contributed by atoms with E-state index in [1.165, 1.54) is 46.4 Å². The molecular formula is C20H28Si. The highest BCUT2D eigenvalue weighted by Gasteiger charge is 2.26. The van der Waals surface area contributed by atoms with E-state index in [1.807, 2.05) is 0 Å². The molecule has 1 heteroatoms. The van der Waals surface area contributed by atoms with Crippen molar-refractivity contribution in [2.24, 2.45) is 0 Å². The minimum Gasteiger partial charge on any atom is -0.0678 e. The number of hydrogen-bond acceptors (Lipinski definition) is 0. The second kappa shape index (κ2) is 7.08. The van der Waals surface area contributed by atoms with Crippen LogP contribution in [0.4, 0.5) is 0 Å². The third-order valence-electron chi connectivity index (χ3n) is 5.17. The van der Waals surface area contributed by atoms with Gasteiger partial charge in [0.25, 0.3) is 0 Å². The molecule has 2 aromatic carbocycles. The molecule has 0 aromatic heterocycles. The number of rotatable bonds is 6. The summed E-state index contributed by atoms with van der Waals surface area (Å²) in [6.07, 6.45) is 0. The van der Waals surface area contributed by atoms with Crippen LogP contribution < -0.4 is 0 Å². The van der Waals surface area contributed by atoms with Crippen molar-refractivity contribution in [1.29, 1.82) is 0 Å². The van der Waals surface area contributed by atoms with Crippen LogP contribution >= 0.6 is 0 Å². The molecule has 21 heavy (non-hydrogen) atoms. The normalized spacial score (nSPS) is 11.6. The number of benzene rings is 2. The molecule has 0 heterocycles. The first-order valence-electron chi connectivity index (χ1n) is 8.28. The van der Waals surface area contributed by atoms with Gasteiger partial charge in [0.2, 0.25) is 0 Å². The van der Waals surface area contributed by atoms with Crippen molar-refractivity contribution in [3.8, 4) is 11.1 Å². The van der Waals surface area contributed by atoms with Crippen LogP contribution in [0.1, 0.15) is 31.9 Å². The second-order valence-corrected chi connectivity index (χ2v) is 11.8. The van der Waals surface area contributed by atoms with Crippen LogP contribution in [0.15, 0.2) is 48.5 Å². The van der Waals surface area contributed by atoms with Crippen LogP contribution in [0, 0.1) is 6.92 Å². The van der Waals surface area contributed by atoms with Crippen molar-refractivity contribution >= 4 is 8.07 Å². The summed E-state index contributed by atoms with van der Waals surface area (Å²) in [5.41, 5.74) is 5.50. The van der Waals surface area contributed by atoms with E-state index in [1.54, 1.807) is 0 Å². The summed E-state index contributed by atoms with van der Waals surface area (Å²) in [6.45, 7) is 9.30. The molecule has 0 bridgehead atoms. The van der Waals surface area contributed by atoms with Gasteiger partial charge in [0.05, 0.1) is 8.07 Å². The van der Waals surface area contributed by atoms with Gasteiger partial charge in [0, 0.05) is 0 Å². The first-order valence-corrected chi connectivity index (χ1v) is 11.1. The zero-order valence-electron chi connectivity index (χ0n) is 13.9. The van der Waals surface area contributed by atoms with Crippen molar-refractivity contribution in [3.05, 3.63) is 59.7 Å². The largest absolute Gasteiger partial charge is 0.0678 e. The molecule has 0 fully saturated rings. The molecule has 112 valence electrons. The van der Waals surface area contributed by atoms with Crippen LogP contribution in [-0.2, 0) is 6.04 Å². The van der Waals surface area contributed by atoms with E-state index in [9.17, 15) is 0 Å². The third kappa shape index (κ3) is 3.85. The summed E-state index contributed by atoms with van der Waals surface area (Å²) in [6, 6.07) is 23.6. The van der Waals surface area contributed by atoms with Crippen LogP contribution in [0.5, 0.6) is 0 Å². The lowest BCUT2D eigenvalue weighted by Gasteiger charge is -2.28. The molecule has 0 saturated heterocycles. The zero-order valence-corrected chi connectivity index (χ0v) is 14.9. The van der Waals surface area contributed by atoms with Gasteiger partial charge in [-0.15, -0.1) is 0 Å². The van der Waals surface area contributed by atoms with E-state index in [4.69, 9.17) is 0 Å². The summed E-state index contributed by atoms with van der Waals surface area (Å²) in [7, 11) is -1.06. The first-order chi connectivity index (χ1) is 10.1. The minimum atomic E-state index is -1.06. The van der Waals surface area contributed by atoms with E-state index >= 15 is 0 Å². The van der Waals surface area contributed by atoms with Gasteiger partial charge >= 0.3 is 0 Å². The summed E-state index contributed by atoms with van der Waals surface area (Å²) in [5, 5.41) is 0. The van der Waals surface area contributed by atoms with Crippen molar-refractivity contribution in [2.45, 2.75) is 51.9 Å². The second-order valence-electron chi connectivity index (χ2n) is 6.30. The van der Waals surface area contributed by atoms with E-state index in [0.717, 1.165) is 0 Å². The van der Waals surface area contributed by atoms with Gasteiger partial charge in [-0.3, -0.25) is 0 Å². The van der Waals surface area contributed by atoms with Gasteiger partial charge in [-0.1, -0.05) is 98.6 Å². The van der Waals surface area contributed by atoms with Gasteiger partial charge in [-0.05, 0) is 24.1 Å². The van der Waals surface area contributed by atoms with Gasteiger partial charge in [-0.25, -0.2) is 0 Å². The van der Waals surface area contributed by atoms with E-state index < -0.39 is 8.07 Å². The molecule has 2 rings (SSSR count).